The van der Waals surface area contributed by atoms with Gasteiger partial charge in [-0.3, -0.25) is 0 Å². The van der Waals surface area contributed by atoms with Crippen molar-refractivity contribution in [3.8, 4) is 0 Å². The minimum absolute atomic E-state index is 0. The van der Waals surface area contributed by atoms with Gasteiger partial charge in [0.05, 0.1) is 0 Å². The molecule has 0 aromatic rings. The van der Waals surface area contributed by atoms with E-state index < -0.39 is 0 Å². The van der Waals surface area contributed by atoms with Crippen molar-refractivity contribution in [1.82, 2.24) is 0 Å². The molecule has 0 saturated heterocycles. The Bertz CT molecular complexity index is 13.0. The Kier molecular flexibility index (Phi) is 1450. The Morgan fingerprint density at radius 1 is 0.444 bits per heavy atom. The summed E-state index contributed by atoms with van der Waals surface area (Å²) in [5, 5.41) is 0. The molecular weight excluding hydrogens is 562 g/mol. The second-order valence-electron chi connectivity index (χ2n) is 0. The molecule has 0 amide bonds. The fourth-order valence-corrected chi connectivity index (χ4v) is 0. The first kappa shape index (κ1) is 130. The number of halogens is 6. The van der Waals surface area contributed by atoms with E-state index in [0.29, 0.717) is 0 Å². The van der Waals surface area contributed by atoms with Crippen LogP contribution >= 0.6 is 0 Å². The molecule has 0 N–H and O–H groups in total. The third kappa shape index (κ3) is 82.3. The SMILES string of the molecule is [Cl-].[Cl-].[Cl-].[Cl-].[Cl-].[Cl-].[Mo].[Ni].[Pt]. The average molecular weight is 562 g/mol. The molecule has 0 nitrogen and oxygen atoms in total. The molecule has 0 rings (SSSR count). The second kappa shape index (κ2) is 100. The van der Waals surface area contributed by atoms with Crippen LogP contribution < -0.4 is 74.4 Å². The quantitative estimate of drug-likeness (QED) is 0.258. The van der Waals surface area contributed by atoms with Gasteiger partial charge in [0, 0.05) is 58.6 Å². The Morgan fingerprint density at radius 3 is 0.444 bits per heavy atom. The van der Waals surface area contributed by atoms with Crippen LogP contribution in [0, 0.1) is 0 Å². The van der Waals surface area contributed by atoms with E-state index in [4.69, 9.17) is 0 Å². The molecule has 9 heavy (non-hydrogen) atoms. The van der Waals surface area contributed by atoms with Crippen LogP contribution in [0.3, 0.4) is 0 Å². The zero-order valence-corrected chi connectivity index (χ0v) is 13.1. The molecule has 0 aliphatic rings. The maximum absolute atomic E-state index is 0. The molecular formula is Cl6MoNiPt-6. The normalized spacial score (nSPS) is 0. The van der Waals surface area contributed by atoms with E-state index >= 15 is 0 Å². The van der Waals surface area contributed by atoms with Crippen LogP contribution in [0.15, 0.2) is 0 Å². The zero-order valence-electron chi connectivity index (χ0n) is 3.31. The van der Waals surface area contributed by atoms with Crippen molar-refractivity contribution >= 4 is 0 Å². The molecule has 0 saturated carbocycles. The molecule has 0 aliphatic heterocycles. The van der Waals surface area contributed by atoms with Crippen LogP contribution in [0.5, 0.6) is 0 Å². The van der Waals surface area contributed by atoms with Gasteiger partial charge in [0.15, 0.2) is 0 Å². The molecule has 0 unspecified atom stereocenters. The molecule has 9 heteroatoms. The Balaban J connectivity index is 0. The van der Waals surface area contributed by atoms with Gasteiger partial charge in [-0.05, 0) is 0 Å². The summed E-state index contributed by atoms with van der Waals surface area (Å²) in [6.07, 6.45) is 0. The van der Waals surface area contributed by atoms with Crippen LogP contribution in [0.2, 0.25) is 0 Å². The molecule has 74 valence electrons. The summed E-state index contributed by atoms with van der Waals surface area (Å²) in [6, 6.07) is 0. The van der Waals surface area contributed by atoms with Crippen molar-refractivity contribution in [2.75, 3.05) is 0 Å². The van der Waals surface area contributed by atoms with E-state index in [-0.39, 0.29) is 133 Å². The third-order valence-corrected chi connectivity index (χ3v) is 0. The van der Waals surface area contributed by atoms with Crippen molar-refractivity contribution in [3.05, 3.63) is 0 Å². The van der Waals surface area contributed by atoms with E-state index in [9.17, 15) is 0 Å². The maximum atomic E-state index is 0. The molecule has 0 spiro atoms. The van der Waals surface area contributed by atoms with Crippen molar-refractivity contribution in [1.29, 1.82) is 0 Å². The molecule has 0 bridgehead atoms. The van der Waals surface area contributed by atoms with Gasteiger partial charge in [-0.15, -0.1) is 0 Å². The summed E-state index contributed by atoms with van der Waals surface area (Å²) in [5.41, 5.74) is 0. The second-order valence-corrected chi connectivity index (χ2v) is 0. The van der Waals surface area contributed by atoms with E-state index in [2.05, 4.69) is 0 Å². The number of hydrogen-bond donors (Lipinski definition) is 0. The average Bonchev–Trinajstić information content (AvgIpc) is 0. The largest absolute Gasteiger partial charge is 1.00 e. The maximum Gasteiger partial charge on any atom is 0 e. The molecule has 0 atom stereocenters. The summed E-state index contributed by atoms with van der Waals surface area (Å²) in [4.78, 5) is 0. The van der Waals surface area contributed by atoms with Crippen LogP contribution in [-0.2, 0) is 58.6 Å². The van der Waals surface area contributed by atoms with Crippen LogP contribution in [0.4, 0.5) is 0 Å². The van der Waals surface area contributed by atoms with Crippen molar-refractivity contribution in [2.45, 2.75) is 0 Å². The fraction of sp³-hybridized carbons (Fsp3) is 0. The van der Waals surface area contributed by atoms with Crippen LogP contribution in [-0.4, -0.2) is 0 Å². The predicted molar refractivity (Wildman–Crippen MR) is 0 cm³/mol. The smallest absolute Gasteiger partial charge is 0 e. The summed E-state index contributed by atoms with van der Waals surface area (Å²) in [6.45, 7) is 0. The zero-order chi connectivity index (χ0) is 0. The van der Waals surface area contributed by atoms with Gasteiger partial charge in [0.25, 0.3) is 0 Å². The van der Waals surface area contributed by atoms with Gasteiger partial charge in [-0.1, -0.05) is 0 Å². The first-order valence-electron chi connectivity index (χ1n) is 0. The summed E-state index contributed by atoms with van der Waals surface area (Å²) >= 11 is 0. The first-order chi connectivity index (χ1) is 0. The summed E-state index contributed by atoms with van der Waals surface area (Å²) < 4.78 is 0. The minimum Gasteiger partial charge on any atom is -1.00 e. The Hall–Kier alpha value is 3.61. The van der Waals surface area contributed by atoms with E-state index in [1.165, 1.54) is 0 Å². The fourth-order valence-electron chi connectivity index (χ4n) is 0. The molecule has 0 radical (unpaired) electrons. The van der Waals surface area contributed by atoms with Gasteiger partial charge < -0.3 is 74.4 Å². The van der Waals surface area contributed by atoms with Gasteiger partial charge in [0.1, 0.15) is 0 Å². The van der Waals surface area contributed by atoms with Gasteiger partial charge in [-0.25, -0.2) is 0 Å². The monoisotopic (exact) mass is 561 g/mol. The Morgan fingerprint density at radius 2 is 0.444 bits per heavy atom. The van der Waals surface area contributed by atoms with Crippen molar-refractivity contribution in [2.24, 2.45) is 0 Å². The topological polar surface area (TPSA) is 0 Å². The first-order valence-corrected chi connectivity index (χ1v) is 0. The molecule has 0 aliphatic carbocycles. The number of rotatable bonds is 0. The van der Waals surface area contributed by atoms with E-state index in [1.807, 2.05) is 0 Å². The molecule has 0 aromatic carbocycles. The van der Waals surface area contributed by atoms with Crippen molar-refractivity contribution in [3.63, 3.8) is 0 Å². The Labute approximate surface area is 131 Å². The van der Waals surface area contributed by atoms with Gasteiger partial charge in [0.2, 0.25) is 0 Å². The predicted octanol–water partition coefficient (Wildman–Crippen LogP) is -18.0. The van der Waals surface area contributed by atoms with Crippen LogP contribution in [0.25, 0.3) is 0 Å². The third-order valence-electron chi connectivity index (χ3n) is 0. The van der Waals surface area contributed by atoms with Gasteiger partial charge >= 0.3 is 0 Å². The van der Waals surface area contributed by atoms with Gasteiger partial charge in [-0.2, -0.15) is 0 Å². The van der Waals surface area contributed by atoms with E-state index in [1.54, 1.807) is 0 Å². The van der Waals surface area contributed by atoms with Crippen molar-refractivity contribution < 1.29 is 133 Å². The number of hydrogen-bond acceptors (Lipinski definition) is 0. The summed E-state index contributed by atoms with van der Waals surface area (Å²) in [5.74, 6) is 0. The van der Waals surface area contributed by atoms with E-state index in [0.717, 1.165) is 0 Å². The summed E-state index contributed by atoms with van der Waals surface area (Å²) in [7, 11) is 0. The molecule has 0 heterocycles. The van der Waals surface area contributed by atoms with Crippen LogP contribution in [0.1, 0.15) is 0 Å². The minimum atomic E-state index is 0. The molecule has 0 aromatic heterocycles. The standard InChI is InChI=1S/6ClH.Mo.Ni.Pt/h6*1H;;;/p-6. The molecule has 0 fully saturated rings.